The molecule has 0 aliphatic heterocycles. The van der Waals surface area contributed by atoms with Gasteiger partial charge in [0.25, 0.3) is 5.91 Å². The first kappa shape index (κ1) is 16.0. The van der Waals surface area contributed by atoms with Crippen molar-refractivity contribution in [3.63, 3.8) is 0 Å². The standard InChI is InChI=1S/C15H21NO4S/c1-10-3-8-13(21(2,19)20)9-14(10)15(18)16-11-4-6-12(17)7-5-11/h3,8-9,11-12,17H,4-7H2,1-2H3,(H,16,18). The van der Waals surface area contributed by atoms with Crippen LogP contribution in [-0.4, -0.2) is 37.8 Å². The molecule has 1 aliphatic carbocycles. The van der Waals surface area contributed by atoms with Gasteiger partial charge in [-0.1, -0.05) is 6.07 Å². The van der Waals surface area contributed by atoms with Crippen LogP contribution >= 0.6 is 0 Å². The van der Waals surface area contributed by atoms with Crippen LogP contribution in [0, 0.1) is 6.92 Å². The molecular weight excluding hydrogens is 290 g/mol. The molecule has 1 amide bonds. The first-order chi connectivity index (χ1) is 9.77. The van der Waals surface area contributed by atoms with Crippen LogP contribution in [0.5, 0.6) is 0 Å². The summed E-state index contributed by atoms with van der Waals surface area (Å²) < 4.78 is 23.2. The van der Waals surface area contributed by atoms with E-state index >= 15 is 0 Å². The summed E-state index contributed by atoms with van der Waals surface area (Å²) in [6.07, 6.45) is 3.73. The van der Waals surface area contributed by atoms with Gasteiger partial charge in [0.2, 0.25) is 0 Å². The number of rotatable bonds is 3. The minimum atomic E-state index is -3.33. The van der Waals surface area contributed by atoms with E-state index in [1.807, 2.05) is 0 Å². The number of aliphatic hydroxyl groups is 1. The van der Waals surface area contributed by atoms with E-state index in [-0.39, 0.29) is 22.9 Å². The van der Waals surface area contributed by atoms with Crippen molar-refractivity contribution in [1.82, 2.24) is 5.32 Å². The molecule has 0 aromatic heterocycles. The van der Waals surface area contributed by atoms with Crippen LogP contribution in [0.15, 0.2) is 23.1 Å². The smallest absolute Gasteiger partial charge is 0.251 e. The largest absolute Gasteiger partial charge is 0.393 e. The molecule has 1 aromatic rings. The predicted octanol–water partition coefficient (Wildman–Crippen LogP) is 1.43. The van der Waals surface area contributed by atoms with Gasteiger partial charge < -0.3 is 10.4 Å². The van der Waals surface area contributed by atoms with Crippen LogP contribution in [0.25, 0.3) is 0 Å². The summed E-state index contributed by atoms with van der Waals surface area (Å²) in [6, 6.07) is 4.63. The molecule has 1 saturated carbocycles. The lowest BCUT2D eigenvalue weighted by molar-refractivity contribution is 0.0867. The lowest BCUT2D eigenvalue weighted by atomic mass is 9.93. The zero-order valence-electron chi connectivity index (χ0n) is 12.3. The highest BCUT2D eigenvalue weighted by atomic mass is 32.2. The Balaban J connectivity index is 2.15. The molecule has 0 radical (unpaired) electrons. The third kappa shape index (κ3) is 4.04. The minimum Gasteiger partial charge on any atom is -0.393 e. The van der Waals surface area contributed by atoms with Crippen molar-refractivity contribution in [3.05, 3.63) is 29.3 Å². The SMILES string of the molecule is Cc1ccc(S(C)(=O)=O)cc1C(=O)NC1CCC(O)CC1. The molecule has 1 aliphatic rings. The Bertz CT molecular complexity index is 631. The van der Waals surface area contributed by atoms with Gasteiger partial charge in [-0.15, -0.1) is 0 Å². The van der Waals surface area contributed by atoms with Crippen LogP contribution in [0.3, 0.4) is 0 Å². The molecule has 0 heterocycles. The molecule has 0 saturated heterocycles. The number of hydrogen-bond donors (Lipinski definition) is 2. The summed E-state index contributed by atoms with van der Waals surface area (Å²) in [7, 11) is -3.33. The first-order valence-corrected chi connectivity index (χ1v) is 8.96. The van der Waals surface area contributed by atoms with Gasteiger partial charge in [-0.05, 0) is 50.3 Å². The van der Waals surface area contributed by atoms with Crippen LogP contribution in [-0.2, 0) is 9.84 Å². The summed E-state index contributed by atoms with van der Waals surface area (Å²) in [5.74, 6) is -0.251. The maximum absolute atomic E-state index is 12.3. The second-order valence-corrected chi connectivity index (χ2v) is 7.74. The van der Waals surface area contributed by atoms with Crippen molar-refractivity contribution in [2.45, 2.75) is 49.6 Å². The van der Waals surface area contributed by atoms with Crippen molar-refractivity contribution in [1.29, 1.82) is 0 Å². The number of aryl methyl sites for hydroxylation is 1. The van der Waals surface area contributed by atoms with Crippen LogP contribution < -0.4 is 5.32 Å². The predicted molar refractivity (Wildman–Crippen MR) is 80.0 cm³/mol. The first-order valence-electron chi connectivity index (χ1n) is 7.07. The van der Waals surface area contributed by atoms with Gasteiger partial charge in [0, 0.05) is 17.9 Å². The lowest BCUT2D eigenvalue weighted by Gasteiger charge is -2.26. The van der Waals surface area contributed by atoms with E-state index in [0.29, 0.717) is 18.4 Å². The number of aliphatic hydroxyl groups excluding tert-OH is 1. The molecule has 0 bridgehead atoms. The van der Waals surface area contributed by atoms with E-state index in [1.54, 1.807) is 13.0 Å². The van der Waals surface area contributed by atoms with Crippen molar-refractivity contribution >= 4 is 15.7 Å². The number of carbonyl (C=O) groups excluding carboxylic acids is 1. The molecule has 1 aromatic carbocycles. The third-order valence-electron chi connectivity index (χ3n) is 3.91. The van der Waals surface area contributed by atoms with Crippen LogP contribution in [0.4, 0.5) is 0 Å². The maximum Gasteiger partial charge on any atom is 0.251 e. The number of hydrogen-bond acceptors (Lipinski definition) is 4. The van der Waals surface area contributed by atoms with Crippen molar-refractivity contribution < 1.29 is 18.3 Å². The van der Waals surface area contributed by atoms with E-state index < -0.39 is 9.84 Å². The number of amides is 1. The lowest BCUT2D eigenvalue weighted by Crippen LogP contribution is -2.38. The molecule has 0 atom stereocenters. The van der Waals surface area contributed by atoms with Crippen molar-refractivity contribution in [3.8, 4) is 0 Å². The molecule has 0 spiro atoms. The third-order valence-corrected chi connectivity index (χ3v) is 5.02. The summed E-state index contributed by atoms with van der Waals surface area (Å²) in [5, 5.41) is 12.4. The summed E-state index contributed by atoms with van der Waals surface area (Å²) in [5.41, 5.74) is 1.14. The average Bonchev–Trinajstić information content (AvgIpc) is 2.40. The van der Waals surface area contributed by atoms with E-state index in [4.69, 9.17) is 0 Å². The quantitative estimate of drug-likeness (QED) is 0.884. The highest BCUT2D eigenvalue weighted by molar-refractivity contribution is 7.90. The molecule has 116 valence electrons. The fourth-order valence-corrected chi connectivity index (χ4v) is 3.21. The zero-order chi connectivity index (χ0) is 15.6. The van der Waals surface area contributed by atoms with Gasteiger partial charge in [0.05, 0.1) is 11.0 Å². The van der Waals surface area contributed by atoms with Gasteiger partial charge in [0.1, 0.15) is 0 Å². The number of nitrogens with one attached hydrogen (secondary N) is 1. The number of benzene rings is 1. The van der Waals surface area contributed by atoms with E-state index in [0.717, 1.165) is 24.7 Å². The molecule has 21 heavy (non-hydrogen) atoms. The zero-order valence-corrected chi connectivity index (χ0v) is 13.1. The monoisotopic (exact) mass is 311 g/mol. The molecule has 6 heteroatoms. The highest BCUT2D eigenvalue weighted by Crippen LogP contribution is 2.20. The van der Waals surface area contributed by atoms with Crippen LogP contribution in [0.2, 0.25) is 0 Å². The van der Waals surface area contributed by atoms with Gasteiger partial charge >= 0.3 is 0 Å². The Morgan fingerprint density at radius 1 is 1.24 bits per heavy atom. The fourth-order valence-electron chi connectivity index (χ4n) is 2.56. The topological polar surface area (TPSA) is 83.5 Å². The Morgan fingerprint density at radius 2 is 1.86 bits per heavy atom. The Hall–Kier alpha value is -1.40. The summed E-state index contributed by atoms with van der Waals surface area (Å²) in [6.45, 7) is 1.78. The van der Waals surface area contributed by atoms with Gasteiger partial charge in [-0.3, -0.25) is 4.79 Å². The van der Waals surface area contributed by atoms with E-state index in [1.165, 1.54) is 12.1 Å². The Kier molecular flexibility index (Phi) is 4.68. The minimum absolute atomic E-state index is 0.0437. The molecule has 5 nitrogen and oxygen atoms in total. The summed E-state index contributed by atoms with van der Waals surface area (Å²) in [4.78, 5) is 12.5. The van der Waals surface area contributed by atoms with Gasteiger partial charge in [-0.2, -0.15) is 0 Å². The Labute approximate surface area is 125 Å². The molecular formula is C15H21NO4S. The normalized spacial score (nSPS) is 22.8. The second kappa shape index (κ2) is 6.15. The van der Waals surface area contributed by atoms with E-state index in [2.05, 4.69) is 5.32 Å². The van der Waals surface area contributed by atoms with Crippen LogP contribution in [0.1, 0.15) is 41.6 Å². The maximum atomic E-state index is 12.3. The van der Waals surface area contributed by atoms with E-state index in [9.17, 15) is 18.3 Å². The molecule has 2 rings (SSSR count). The molecule has 2 N–H and O–H groups in total. The molecule has 0 unspecified atom stereocenters. The molecule has 1 fully saturated rings. The number of sulfone groups is 1. The number of carbonyl (C=O) groups is 1. The Morgan fingerprint density at radius 3 is 2.43 bits per heavy atom. The highest BCUT2D eigenvalue weighted by Gasteiger charge is 2.22. The summed E-state index contributed by atoms with van der Waals surface area (Å²) >= 11 is 0. The fraction of sp³-hybridized carbons (Fsp3) is 0.533. The van der Waals surface area contributed by atoms with Crippen molar-refractivity contribution in [2.24, 2.45) is 0 Å². The average molecular weight is 311 g/mol. The van der Waals surface area contributed by atoms with Gasteiger partial charge in [0.15, 0.2) is 9.84 Å². The van der Waals surface area contributed by atoms with Crippen molar-refractivity contribution in [2.75, 3.05) is 6.26 Å². The van der Waals surface area contributed by atoms with Gasteiger partial charge in [-0.25, -0.2) is 8.42 Å². The second-order valence-electron chi connectivity index (χ2n) is 5.73.